The topological polar surface area (TPSA) is 71.4 Å². The molecule has 2 bridgehead atoms. The fraction of sp³-hybridized carbons (Fsp3) is 0.900. The van der Waals surface area contributed by atoms with Crippen LogP contribution in [0.2, 0.25) is 0 Å². The van der Waals surface area contributed by atoms with E-state index in [1.165, 1.54) is 0 Å². The van der Waals surface area contributed by atoms with Crippen LogP contribution in [0.25, 0.3) is 0 Å². The molecule has 0 aromatic heterocycles. The summed E-state index contributed by atoms with van der Waals surface area (Å²) in [6.07, 6.45) is 1.40. The summed E-state index contributed by atoms with van der Waals surface area (Å²) in [7, 11) is -4.12. The van der Waals surface area contributed by atoms with E-state index in [-0.39, 0.29) is 21.9 Å². The Kier molecular flexibility index (Phi) is 2.58. The van der Waals surface area contributed by atoms with Gasteiger partial charge in [0.2, 0.25) is 0 Å². The van der Waals surface area contributed by atoms with Crippen LogP contribution in [-0.2, 0) is 14.9 Å². The molecular formula is C10H15BrO4S. The van der Waals surface area contributed by atoms with Crippen molar-refractivity contribution < 1.29 is 17.8 Å². The highest BCUT2D eigenvalue weighted by Gasteiger charge is 2.69. The van der Waals surface area contributed by atoms with E-state index in [2.05, 4.69) is 15.9 Å². The minimum atomic E-state index is -4.12. The first kappa shape index (κ1) is 12.5. The first-order valence-corrected chi connectivity index (χ1v) is 7.78. The van der Waals surface area contributed by atoms with Crippen molar-refractivity contribution in [2.45, 2.75) is 31.5 Å². The van der Waals surface area contributed by atoms with Crippen LogP contribution < -0.4 is 0 Å². The first-order valence-electron chi connectivity index (χ1n) is 5.25. The summed E-state index contributed by atoms with van der Waals surface area (Å²) in [5.74, 6) is -0.335. The van der Waals surface area contributed by atoms with Crippen molar-refractivity contribution in [1.29, 1.82) is 0 Å². The molecule has 0 amide bonds. The van der Waals surface area contributed by atoms with Crippen LogP contribution in [0.4, 0.5) is 0 Å². The highest BCUT2D eigenvalue weighted by Crippen LogP contribution is 2.65. The smallest absolute Gasteiger partial charge is 0.265 e. The number of alkyl halides is 1. The average molecular weight is 311 g/mol. The zero-order valence-corrected chi connectivity index (χ0v) is 11.6. The number of Topliss-reactive ketones (excluding diaryl/α,β-unsaturated/α-hetero) is 1. The van der Waals surface area contributed by atoms with E-state index in [1.807, 2.05) is 13.8 Å². The zero-order chi connectivity index (χ0) is 12.4. The third kappa shape index (κ3) is 1.42. The van der Waals surface area contributed by atoms with Crippen molar-refractivity contribution in [2.24, 2.45) is 16.7 Å². The molecule has 4 nitrogen and oxygen atoms in total. The molecule has 2 aliphatic rings. The summed E-state index contributed by atoms with van der Waals surface area (Å²) in [6.45, 7) is 3.85. The van der Waals surface area contributed by atoms with Crippen LogP contribution in [0.15, 0.2) is 0 Å². The van der Waals surface area contributed by atoms with E-state index in [9.17, 15) is 13.2 Å². The second-order valence-electron chi connectivity index (χ2n) is 5.44. The number of hydrogen-bond donors (Lipinski definition) is 1. The lowest BCUT2D eigenvalue weighted by Gasteiger charge is -2.35. The Bertz CT molecular complexity index is 442. The van der Waals surface area contributed by atoms with Gasteiger partial charge in [-0.05, 0) is 24.2 Å². The monoisotopic (exact) mass is 310 g/mol. The number of ketones is 1. The van der Waals surface area contributed by atoms with Gasteiger partial charge in [0, 0.05) is 0 Å². The maximum atomic E-state index is 12.2. The van der Waals surface area contributed by atoms with Crippen LogP contribution in [-0.4, -0.2) is 29.3 Å². The lowest BCUT2D eigenvalue weighted by atomic mass is 9.70. The summed E-state index contributed by atoms with van der Waals surface area (Å²) in [5.41, 5.74) is -1.27. The van der Waals surface area contributed by atoms with Crippen molar-refractivity contribution in [3.8, 4) is 0 Å². The summed E-state index contributed by atoms with van der Waals surface area (Å²) < 4.78 is 31.2. The Labute approximate surface area is 104 Å². The minimum absolute atomic E-state index is 0.0635. The molecule has 16 heavy (non-hydrogen) atoms. The molecule has 6 heteroatoms. The van der Waals surface area contributed by atoms with Crippen LogP contribution in [0, 0.1) is 16.7 Å². The number of carbonyl (C=O) groups excluding carboxylic acids is 1. The van der Waals surface area contributed by atoms with Crippen molar-refractivity contribution in [3.63, 3.8) is 0 Å². The van der Waals surface area contributed by atoms with Crippen molar-refractivity contribution >= 4 is 31.8 Å². The molecule has 2 fully saturated rings. The molecule has 2 rings (SSSR count). The highest BCUT2D eigenvalue weighted by atomic mass is 79.9. The molecule has 0 aromatic rings. The van der Waals surface area contributed by atoms with Crippen LogP contribution in [0.1, 0.15) is 26.7 Å². The van der Waals surface area contributed by atoms with Gasteiger partial charge in [0.25, 0.3) is 10.1 Å². The Morgan fingerprint density at radius 1 is 1.50 bits per heavy atom. The molecule has 0 saturated heterocycles. The summed E-state index contributed by atoms with van der Waals surface area (Å²) >= 11 is 3.35. The Morgan fingerprint density at radius 3 is 2.44 bits per heavy atom. The van der Waals surface area contributed by atoms with Gasteiger partial charge in [0.1, 0.15) is 0 Å². The average Bonchev–Trinajstić information content (AvgIpc) is 2.39. The fourth-order valence-corrected chi connectivity index (χ4v) is 6.12. The van der Waals surface area contributed by atoms with E-state index in [0.717, 1.165) is 6.42 Å². The van der Waals surface area contributed by atoms with Gasteiger partial charge < -0.3 is 0 Å². The molecular weight excluding hydrogens is 296 g/mol. The SMILES string of the molecule is CC1(C)C2CC[C@]1(CS(=O)(=O)O)C(=O)C2Br. The van der Waals surface area contributed by atoms with E-state index in [0.29, 0.717) is 6.42 Å². The molecule has 0 radical (unpaired) electrons. The van der Waals surface area contributed by atoms with E-state index < -0.39 is 21.3 Å². The van der Waals surface area contributed by atoms with Gasteiger partial charge >= 0.3 is 0 Å². The van der Waals surface area contributed by atoms with Gasteiger partial charge in [-0.25, -0.2) is 0 Å². The predicted molar refractivity (Wildman–Crippen MR) is 63.1 cm³/mol. The third-order valence-corrected chi connectivity index (χ3v) is 6.46. The fourth-order valence-electron chi connectivity index (χ4n) is 3.48. The zero-order valence-electron chi connectivity index (χ0n) is 9.23. The van der Waals surface area contributed by atoms with Gasteiger partial charge in [-0.15, -0.1) is 0 Å². The van der Waals surface area contributed by atoms with Crippen molar-refractivity contribution in [1.82, 2.24) is 0 Å². The van der Waals surface area contributed by atoms with Crippen molar-refractivity contribution in [2.75, 3.05) is 5.75 Å². The molecule has 0 aliphatic heterocycles. The number of rotatable bonds is 2. The Hall–Kier alpha value is 0.0600. The molecule has 0 heterocycles. The van der Waals surface area contributed by atoms with Gasteiger partial charge in [-0.2, -0.15) is 8.42 Å². The molecule has 2 unspecified atom stereocenters. The molecule has 3 atom stereocenters. The summed E-state index contributed by atoms with van der Waals surface area (Å²) in [4.78, 5) is 11.9. The second-order valence-corrected chi connectivity index (χ2v) is 7.88. The molecule has 92 valence electrons. The largest absolute Gasteiger partial charge is 0.298 e. The first-order chi connectivity index (χ1) is 7.12. The summed E-state index contributed by atoms with van der Waals surface area (Å²) in [6, 6.07) is 0. The molecule has 2 saturated carbocycles. The van der Waals surface area contributed by atoms with Crippen LogP contribution in [0.3, 0.4) is 0 Å². The summed E-state index contributed by atoms with van der Waals surface area (Å²) in [5, 5.41) is 0. The van der Waals surface area contributed by atoms with Crippen LogP contribution in [0.5, 0.6) is 0 Å². The molecule has 0 spiro atoms. The van der Waals surface area contributed by atoms with Gasteiger partial charge in [-0.3, -0.25) is 9.35 Å². The third-order valence-electron chi connectivity index (χ3n) is 4.55. The Balaban J connectivity index is 2.50. The number of fused-ring (bicyclic) bond motifs is 2. The standard InChI is InChI=1S/C10H15BrO4S/c1-9(2)6-3-4-10(9,5-16(13,14)15)8(12)7(6)11/h6-7H,3-5H2,1-2H3,(H,13,14,15)/t6?,7?,10-/m0/s1. The van der Waals surface area contributed by atoms with E-state index in [4.69, 9.17) is 4.55 Å². The van der Waals surface area contributed by atoms with Gasteiger partial charge in [0.15, 0.2) is 5.78 Å². The number of carbonyl (C=O) groups is 1. The molecule has 0 aromatic carbocycles. The number of halogens is 1. The van der Waals surface area contributed by atoms with Gasteiger partial charge in [0.05, 0.1) is 16.0 Å². The van der Waals surface area contributed by atoms with E-state index >= 15 is 0 Å². The number of hydrogen-bond acceptors (Lipinski definition) is 3. The minimum Gasteiger partial charge on any atom is -0.298 e. The maximum absolute atomic E-state index is 12.2. The predicted octanol–water partition coefficient (Wildman–Crippen LogP) is 1.64. The van der Waals surface area contributed by atoms with Crippen molar-refractivity contribution in [3.05, 3.63) is 0 Å². The quantitative estimate of drug-likeness (QED) is 0.622. The maximum Gasteiger partial charge on any atom is 0.265 e. The van der Waals surface area contributed by atoms with Crippen LogP contribution >= 0.6 is 15.9 Å². The lowest BCUT2D eigenvalue weighted by Crippen LogP contribution is -2.43. The second kappa shape index (κ2) is 3.29. The Morgan fingerprint density at radius 2 is 2.06 bits per heavy atom. The molecule has 2 aliphatic carbocycles. The van der Waals surface area contributed by atoms with E-state index in [1.54, 1.807) is 0 Å². The normalized spacial score (nSPS) is 41.6. The molecule has 1 N–H and O–H groups in total. The van der Waals surface area contributed by atoms with Gasteiger partial charge in [-0.1, -0.05) is 29.8 Å². The highest BCUT2D eigenvalue weighted by molar-refractivity contribution is 9.10. The lowest BCUT2D eigenvalue weighted by molar-refractivity contribution is -0.127.